The van der Waals surface area contributed by atoms with Gasteiger partial charge in [-0.25, -0.2) is 0 Å². The van der Waals surface area contributed by atoms with Crippen LogP contribution in [-0.2, 0) is 6.42 Å². The van der Waals surface area contributed by atoms with Crippen LogP contribution in [0.1, 0.15) is 5.56 Å². The summed E-state index contributed by atoms with van der Waals surface area (Å²) in [5, 5.41) is 0. The Morgan fingerprint density at radius 1 is 1.45 bits per heavy atom. The highest BCUT2D eigenvalue weighted by atomic mass is 31.0. The second-order valence-electron chi connectivity index (χ2n) is 2.39. The smallest absolute Gasteiger partial charge is 0.119 e. The standard InChI is InChI=1S/C9H13OP/c1-10-9-4-2-3-8(7-9)5-6-11/h2-4,7H,5-6,11H2,1H3. The van der Waals surface area contributed by atoms with E-state index in [2.05, 4.69) is 21.4 Å². The summed E-state index contributed by atoms with van der Waals surface area (Å²) in [6, 6.07) is 8.18. The van der Waals surface area contributed by atoms with E-state index in [0.29, 0.717) is 0 Å². The molecule has 0 saturated heterocycles. The maximum absolute atomic E-state index is 5.09. The minimum Gasteiger partial charge on any atom is -0.497 e. The van der Waals surface area contributed by atoms with Crippen LogP contribution >= 0.6 is 9.24 Å². The quantitative estimate of drug-likeness (QED) is 0.628. The van der Waals surface area contributed by atoms with Crippen molar-refractivity contribution in [3.05, 3.63) is 29.8 Å². The van der Waals surface area contributed by atoms with Gasteiger partial charge in [-0.2, -0.15) is 0 Å². The van der Waals surface area contributed by atoms with Crippen LogP contribution in [0.2, 0.25) is 0 Å². The van der Waals surface area contributed by atoms with Gasteiger partial charge >= 0.3 is 0 Å². The molecule has 0 amide bonds. The Morgan fingerprint density at radius 2 is 2.27 bits per heavy atom. The summed E-state index contributed by atoms with van der Waals surface area (Å²) in [4.78, 5) is 0. The first-order valence-corrected chi connectivity index (χ1v) is 4.51. The zero-order chi connectivity index (χ0) is 8.10. The summed E-state index contributed by atoms with van der Waals surface area (Å²) < 4.78 is 5.09. The van der Waals surface area contributed by atoms with Crippen molar-refractivity contribution in [2.24, 2.45) is 0 Å². The van der Waals surface area contributed by atoms with Crippen molar-refractivity contribution in [1.82, 2.24) is 0 Å². The van der Waals surface area contributed by atoms with Crippen molar-refractivity contribution in [1.29, 1.82) is 0 Å². The second kappa shape index (κ2) is 4.35. The van der Waals surface area contributed by atoms with Gasteiger partial charge in [0.05, 0.1) is 7.11 Å². The van der Waals surface area contributed by atoms with E-state index in [4.69, 9.17) is 4.74 Å². The molecule has 0 aromatic heterocycles. The van der Waals surface area contributed by atoms with Gasteiger partial charge in [0.2, 0.25) is 0 Å². The van der Waals surface area contributed by atoms with E-state index in [1.807, 2.05) is 12.1 Å². The number of rotatable bonds is 3. The number of methoxy groups -OCH3 is 1. The molecule has 0 aliphatic heterocycles. The zero-order valence-corrected chi connectivity index (χ0v) is 7.86. The predicted octanol–water partition coefficient (Wildman–Crippen LogP) is 2.11. The minimum atomic E-state index is 0.945. The van der Waals surface area contributed by atoms with Gasteiger partial charge in [0.15, 0.2) is 0 Å². The average molecular weight is 168 g/mol. The highest BCUT2D eigenvalue weighted by Crippen LogP contribution is 2.13. The Labute approximate surface area is 70.0 Å². The highest BCUT2D eigenvalue weighted by Gasteiger charge is 1.92. The van der Waals surface area contributed by atoms with Crippen molar-refractivity contribution in [3.8, 4) is 5.75 Å². The molecule has 2 heteroatoms. The lowest BCUT2D eigenvalue weighted by Gasteiger charge is -2.01. The molecule has 0 bridgehead atoms. The third-order valence-electron chi connectivity index (χ3n) is 1.57. The van der Waals surface area contributed by atoms with Crippen LogP contribution < -0.4 is 4.74 Å². The molecule has 0 aliphatic carbocycles. The Bertz CT molecular complexity index is 223. The lowest BCUT2D eigenvalue weighted by atomic mass is 10.2. The monoisotopic (exact) mass is 168 g/mol. The molecule has 0 spiro atoms. The van der Waals surface area contributed by atoms with E-state index < -0.39 is 0 Å². The molecule has 0 fully saturated rings. The first-order chi connectivity index (χ1) is 5.36. The van der Waals surface area contributed by atoms with Crippen molar-refractivity contribution in [2.45, 2.75) is 6.42 Å². The van der Waals surface area contributed by atoms with Crippen molar-refractivity contribution >= 4 is 9.24 Å². The lowest BCUT2D eigenvalue weighted by Crippen LogP contribution is -1.87. The first kappa shape index (κ1) is 8.55. The summed E-state index contributed by atoms with van der Waals surface area (Å²) in [7, 11) is 4.41. The number of hydrogen-bond acceptors (Lipinski definition) is 1. The van der Waals surface area contributed by atoms with E-state index in [-0.39, 0.29) is 0 Å². The molecule has 0 aliphatic rings. The molecule has 0 heterocycles. The number of hydrogen-bond donors (Lipinski definition) is 0. The summed E-state index contributed by atoms with van der Waals surface area (Å²) in [5.74, 6) is 0.945. The third-order valence-corrected chi connectivity index (χ3v) is 1.86. The van der Waals surface area contributed by atoms with Crippen LogP contribution in [0.15, 0.2) is 24.3 Å². The van der Waals surface area contributed by atoms with E-state index in [1.54, 1.807) is 7.11 Å². The van der Waals surface area contributed by atoms with Crippen LogP contribution in [-0.4, -0.2) is 13.3 Å². The van der Waals surface area contributed by atoms with Gasteiger partial charge in [-0.1, -0.05) is 12.1 Å². The Balaban J connectivity index is 2.74. The molecule has 1 rings (SSSR count). The van der Waals surface area contributed by atoms with Crippen LogP contribution in [0.4, 0.5) is 0 Å². The topological polar surface area (TPSA) is 9.23 Å². The molecular weight excluding hydrogens is 155 g/mol. The summed E-state index contributed by atoms with van der Waals surface area (Å²) in [6.07, 6.45) is 2.20. The molecule has 1 unspecified atom stereocenters. The number of ether oxygens (including phenoxy) is 1. The Morgan fingerprint density at radius 3 is 2.91 bits per heavy atom. The van der Waals surface area contributed by atoms with E-state index >= 15 is 0 Å². The zero-order valence-electron chi connectivity index (χ0n) is 6.71. The fraction of sp³-hybridized carbons (Fsp3) is 0.333. The molecule has 1 aromatic carbocycles. The van der Waals surface area contributed by atoms with Gasteiger partial charge in [-0.3, -0.25) is 0 Å². The summed E-state index contributed by atoms with van der Waals surface area (Å²) in [5.41, 5.74) is 1.33. The number of benzene rings is 1. The highest BCUT2D eigenvalue weighted by molar-refractivity contribution is 7.16. The van der Waals surface area contributed by atoms with Crippen LogP contribution in [0.5, 0.6) is 5.75 Å². The van der Waals surface area contributed by atoms with Crippen molar-refractivity contribution in [2.75, 3.05) is 13.3 Å². The van der Waals surface area contributed by atoms with Gasteiger partial charge in [0.25, 0.3) is 0 Å². The molecule has 1 aromatic rings. The molecule has 1 nitrogen and oxygen atoms in total. The SMILES string of the molecule is COc1cccc(CCP)c1. The maximum Gasteiger partial charge on any atom is 0.119 e. The fourth-order valence-corrected chi connectivity index (χ4v) is 1.33. The van der Waals surface area contributed by atoms with Crippen molar-refractivity contribution in [3.63, 3.8) is 0 Å². The van der Waals surface area contributed by atoms with E-state index in [9.17, 15) is 0 Å². The second-order valence-corrected chi connectivity index (χ2v) is 2.97. The van der Waals surface area contributed by atoms with Crippen LogP contribution in [0.25, 0.3) is 0 Å². The predicted molar refractivity (Wildman–Crippen MR) is 51.3 cm³/mol. The Kier molecular flexibility index (Phi) is 3.38. The van der Waals surface area contributed by atoms with Gasteiger partial charge < -0.3 is 4.74 Å². The van der Waals surface area contributed by atoms with Gasteiger partial charge in [-0.05, 0) is 30.3 Å². The molecule has 0 saturated carbocycles. The van der Waals surface area contributed by atoms with Gasteiger partial charge in [0.1, 0.15) is 5.75 Å². The Hall–Kier alpha value is -0.550. The molecule has 11 heavy (non-hydrogen) atoms. The summed E-state index contributed by atoms with van der Waals surface area (Å²) >= 11 is 0. The van der Waals surface area contributed by atoms with Crippen molar-refractivity contribution < 1.29 is 4.74 Å². The maximum atomic E-state index is 5.09. The normalized spacial score (nSPS) is 9.64. The molecule has 0 radical (unpaired) electrons. The average Bonchev–Trinajstić information content (AvgIpc) is 2.06. The van der Waals surface area contributed by atoms with E-state index in [0.717, 1.165) is 18.3 Å². The minimum absolute atomic E-state index is 0.945. The van der Waals surface area contributed by atoms with Crippen LogP contribution in [0.3, 0.4) is 0 Å². The largest absolute Gasteiger partial charge is 0.497 e. The third kappa shape index (κ3) is 2.51. The van der Waals surface area contributed by atoms with Crippen LogP contribution in [0, 0.1) is 0 Å². The lowest BCUT2D eigenvalue weighted by molar-refractivity contribution is 0.414. The summed E-state index contributed by atoms with van der Waals surface area (Å²) in [6.45, 7) is 0. The fourth-order valence-electron chi connectivity index (χ4n) is 0.995. The molecule has 0 N–H and O–H groups in total. The molecule has 60 valence electrons. The van der Waals surface area contributed by atoms with E-state index in [1.165, 1.54) is 5.56 Å². The molecular formula is C9H13OP. The van der Waals surface area contributed by atoms with Gasteiger partial charge in [0, 0.05) is 0 Å². The first-order valence-electron chi connectivity index (χ1n) is 3.70. The molecule has 1 atom stereocenters. The van der Waals surface area contributed by atoms with Gasteiger partial charge in [-0.15, -0.1) is 9.24 Å². The number of aryl methyl sites for hydroxylation is 1.